The predicted octanol–water partition coefficient (Wildman–Crippen LogP) is 4.43. The van der Waals surface area contributed by atoms with Crippen LogP contribution in [0.3, 0.4) is 0 Å². The smallest absolute Gasteiger partial charge is 0.219 e. The summed E-state index contributed by atoms with van der Waals surface area (Å²) in [6.07, 6.45) is 2.56. The van der Waals surface area contributed by atoms with E-state index in [-0.39, 0.29) is 5.91 Å². The van der Waals surface area contributed by atoms with E-state index in [1.807, 2.05) is 32.6 Å². The molecule has 4 nitrogen and oxygen atoms in total. The van der Waals surface area contributed by atoms with Gasteiger partial charge >= 0.3 is 0 Å². The summed E-state index contributed by atoms with van der Waals surface area (Å²) in [5, 5.41) is 0. The summed E-state index contributed by atoms with van der Waals surface area (Å²) in [5.41, 5.74) is 2.69. The van der Waals surface area contributed by atoms with Crippen molar-refractivity contribution in [3.05, 3.63) is 29.8 Å². The van der Waals surface area contributed by atoms with E-state index < -0.39 is 0 Å². The number of benzene rings is 1. The predicted molar refractivity (Wildman–Crippen MR) is 118 cm³/mol. The van der Waals surface area contributed by atoms with E-state index in [9.17, 15) is 4.79 Å². The minimum atomic E-state index is 0.219. The number of aryl methyl sites for hydroxylation is 1. The Morgan fingerprint density at radius 3 is 1.89 bits per heavy atom. The molecular formula is C23H41N3O. The van der Waals surface area contributed by atoms with Crippen molar-refractivity contribution in [1.82, 2.24) is 9.80 Å². The van der Waals surface area contributed by atoms with Crippen LogP contribution in [-0.2, 0) is 4.79 Å². The van der Waals surface area contributed by atoms with Gasteiger partial charge in [0.05, 0.1) is 0 Å². The lowest BCUT2D eigenvalue weighted by atomic mass is 9.95. The second-order valence-corrected chi connectivity index (χ2v) is 7.07. The Morgan fingerprint density at radius 2 is 1.41 bits per heavy atom. The van der Waals surface area contributed by atoms with Gasteiger partial charge in [0.1, 0.15) is 0 Å². The molecule has 1 aromatic carbocycles. The molecule has 2 aliphatic rings. The zero-order valence-corrected chi connectivity index (χ0v) is 18.5. The third kappa shape index (κ3) is 7.53. The highest BCUT2D eigenvalue weighted by Crippen LogP contribution is 2.24. The first-order chi connectivity index (χ1) is 13.1. The Balaban J connectivity index is 0.000000855. The first kappa shape index (κ1) is 23.5. The number of hydrogen-bond acceptors (Lipinski definition) is 3. The summed E-state index contributed by atoms with van der Waals surface area (Å²) in [7, 11) is 0. The number of carbonyl (C=O) groups is 1. The molecule has 2 heterocycles. The first-order valence-electron chi connectivity index (χ1n) is 10.9. The van der Waals surface area contributed by atoms with Gasteiger partial charge in [0.25, 0.3) is 0 Å². The van der Waals surface area contributed by atoms with Crippen molar-refractivity contribution in [2.45, 2.75) is 54.4 Å². The second kappa shape index (κ2) is 12.8. The fraction of sp³-hybridized carbons (Fsp3) is 0.696. The normalized spacial score (nSPS) is 18.1. The maximum atomic E-state index is 11.4. The van der Waals surface area contributed by atoms with E-state index in [0.29, 0.717) is 0 Å². The topological polar surface area (TPSA) is 26.8 Å². The monoisotopic (exact) mass is 375 g/mol. The zero-order chi connectivity index (χ0) is 20.2. The molecule has 0 bridgehead atoms. The Kier molecular flexibility index (Phi) is 11.1. The number of rotatable bonds is 3. The molecule has 0 spiro atoms. The van der Waals surface area contributed by atoms with Gasteiger partial charge in [0.15, 0.2) is 0 Å². The lowest BCUT2D eigenvalue weighted by Gasteiger charge is -2.39. The average molecular weight is 376 g/mol. The highest BCUT2D eigenvalue weighted by Gasteiger charge is 2.24. The van der Waals surface area contributed by atoms with Crippen molar-refractivity contribution in [3.63, 3.8) is 0 Å². The van der Waals surface area contributed by atoms with Crippen LogP contribution < -0.4 is 4.90 Å². The number of piperazine rings is 1. The first-order valence-corrected chi connectivity index (χ1v) is 10.9. The lowest BCUT2D eigenvalue weighted by Crippen LogP contribution is -2.50. The summed E-state index contributed by atoms with van der Waals surface area (Å²) < 4.78 is 0. The Morgan fingerprint density at radius 1 is 0.889 bits per heavy atom. The van der Waals surface area contributed by atoms with Crippen LogP contribution in [0.5, 0.6) is 0 Å². The molecule has 0 N–H and O–H groups in total. The van der Waals surface area contributed by atoms with Gasteiger partial charge in [-0.05, 0) is 37.8 Å². The summed E-state index contributed by atoms with van der Waals surface area (Å²) in [4.78, 5) is 18.4. The van der Waals surface area contributed by atoms with Gasteiger partial charge in [-0.1, -0.05) is 45.4 Å². The van der Waals surface area contributed by atoms with Crippen molar-refractivity contribution in [2.24, 2.45) is 5.92 Å². The van der Waals surface area contributed by atoms with Crippen LogP contribution in [0.2, 0.25) is 0 Å². The molecule has 3 rings (SSSR count). The highest BCUT2D eigenvalue weighted by molar-refractivity contribution is 5.73. The largest absolute Gasteiger partial charge is 0.372 e. The van der Waals surface area contributed by atoms with E-state index in [4.69, 9.17) is 0 Å². The molecule has 1 amide bonds. The highest BCUT2D eigenvalue weighted by atomic mass is 16.2. The van der Waals surface area contributed by atoms with Crippen molar-refractivity contribution in [1.29, 1.82) is 0 Å². The van der Waals surface area contributed by atoms with Gasteiger partial charge in [-0.15, -0.1) is 0 Å². The molecule has 0 radical (unpaired) electrons. The molecule has 0 aromatic heterocycles. The molecule has 0 atom stereocenters. The van der Waals surface area contributed by atoms with Crippen LogP contribution in [0, 0.1) is 12.8 Å². The molecule has 0 unspecified atom stereocenters. The zero-order valence-electron chi connectivity index (χ0n) is 18.5. The Bertz CT molecular complexity index is 513. The summed E-state index contributed by atoms with van der Waals surface area (Å²) in [6, 6.07) is 8.90. The molecule has 4 heteroatoms. The van der Waals surface area contributed by atoms with Gasteiger partial charge < -0.3 is 9.80 Å². The fourth-order valence-electron chi connectivity index (χ4n) is 3.74. The van der Waals surface area contributed by atoms with Gasteiger partial charge in [0, 0.05) is 58.4 Å². The van der Waals surface area contributed by atoms with E-state index >= 15 is 0 Å². The van der Waals surface area contributed by atoms with Crippen molar-refractivity contribution >= 4 is 11.6 Å². The van der Waals surface area contributed by atoms with E-state index in [0.717, 1.165) is 32.1 Å². The Labute approximate surface area is 167 Å². The van der Waals surface area contributed by atoms with E-state index in [1.54, 1.807) is 6.92 Å². The number of piperidine rings is 1. The number of anilines is 1. The lowest BCUT2D eigenvalue weighted by molar-refractivity contribution is -0.130. The number of amides is 1. The standard InChI is InChI=1S/C19H29N3O.2C2H6/c1-16-3-5-19(6-4-16)22-9-7-18(8-10-22)15-20-11-13-21(14-12-20)17(2)23;2*1-2/h3-6,18H,7-15H2,1-2H3;2*1-2H3. The second-order valence-electron chi connectivity index (χ2n) is 7.07. The van der Waals surface area contributed by atoms with Crippen LogP contribution in [-0.4, -0.2) is 61.5 Å². The molecule has 1 aromatic rings. The number of carbonyl (C=O) groups excluding carboxylic acids is 1. The van der Waals surface area contributed by atoms with Crippen molar-refractivity contribution in [3.8, 4) is 0 Å². The molecule has 2 fully saturated rings. The van der Waals surface area contributed by atoms with Crippen LogP contribution in [0.4, 0.5) is 5.69 Å². The molecule has 0 aliphatic carbocycles. The summed E-state index contributed by atoms with van der Waals surface area (Å²) in [5.74, 6) is 1.02. The van der Waals surface area contributed by atoms with Gasteiger partial charge in [-0.3, -0.25) is 9.69 Å². The number of nitrogens with zero attached hydrogens (tertiary/aromatic N) is 3. The fourth-order valence-corrected chi connectivity index (χ4v) is 3.74. The third-order valence-corrected chi connectivity index (χ3v) is 5.35. The van der Waals surface area contributed by atoms with Crippen molar-refractivity contribution in [2.75, 3.05) is 50.7 Å². The quantitative estimate of drug-likeness (QED) is 0.782. The van der Waals surface area contributed by atoms with Gasteiger partial charge in [0.2, 0.25) is 5.91 Å². The molecule has 27 heavy (non-hydrogen) atoms. The average Bonchev–Trinajstić information content (AvgIpc) is 2.73. The van der Waals surface area contributed by atoms with Gasteiger partial charge in [-0.2, -0.15) is 0 Å². The van der Waals surface area contributed by atoms with Crippen LogP contribution >= 0.6 is 0 Å². The minimum absolute atomic E-state index is 0.219. The SMILES string of the molecule is CC.CC.CC(=O)N1CCN(CC2CCN(c3ccc(C)cc3)CC2)CC1. The molecule has 2 aliphatic heterocycles. The molecule has 154 valence electrons. The molecular weight excluding hydrogens is 334 g/mol. The summed E-state index contributed by atoms with van der Waals surface area (Å²) >= 11 is 0. The van der Waals surface area contributed by atoms with Crippen LogP contribution in [0.1, 0.15) is 53.0 Å². The van der Waals surface area contributed by atoms with E-state index in [2.05, 4.69) is 41.0 Å². The minimum Gasteiger partial charge on any atom is -0.372 e. The maximum absolute atomic E-state index is 11.4. The molecule has 2 saturated heterocycles. The van der Waals surface area contributed by atoms with E-state index in [1.165, 1.54) is 43.7 Å². The van der Waals surface area contributed by atoms with Crippen LogP contribution in [0.25, 0.3) is 0 Å². The Hall–Kier alpha value is -1.55. The number of hydrogen-bond donors (Lipinski definition) is 0. The van der Waals surface area contributed by atoms with Gasteiger partial charge in [-0.25, -0.2) is 0 Å². The third-order valence-electron chi connectivity index (χ3n) is 5.35. The van der Waals surface area contributed by atoms with Crippen molar-refractivity contribution < 1.29 is 4.79 Å². The molecule has 0 saturated carbocycles. The summed E-state index contributed by atoms with van der Waals surface area (Å²) in [6.45, 7) is 19.2. The van der Waals surface area contributed by atoms with Crippen LogP contribution in [0.15, 0.2) is 24.3 Å². The maximum Gasteiger partial charge on any atom is 0.219 e.